The first kappa shape index (κ1) is 18.7. The topological polar surface area (TPSA) is 52.6 Å². The fraction of sp³-hybridized carbons (Fsp3) is 0.333. The molecular weight excluding hydrogens is 316 g/mol. The minimum atomic E-state index is -0.494. The van der Waals surface area contributed by atoms with E-state index >= 15 is 0 Å². The Balaban J connectivity index is 1.97. The van der Waals surface area contributed by atoms with E-state index in [4.69, 9.17) is 9.47 Å². The third-order valence-corrected chi connectivity index (χ3v) is 3.86. The van der Waals surface area contributed by atoms with Crippen LogP contribution in [-0.4, -0.2) is 18.5 Å². The van der Waals surface area contributed by atoms with Gasteiger partial charge in [-0.15, -0.1) is 0 Å². The molecular formula is C21H24O4. The number of esters is 2. The van der Waals surface area contributed by atoms with Crippen molar-refractivity contribution in [3.05, 3.63) is 65.2 Å². The molecule has 0 spiro atoms. The van der Waals surface area contributed by atoms with Crippen molar-refractivity contribution in [1.29, 1.82) is 0 Å². The van der Waals surface area contributed by atoms with Crippen molar-refractivity contribution in [1.82, 2.24) is 0 Å². The summed E-state index contributed by atoms with van der Waals surface area (Å²) in [6, 6.07) is 13.7. The third-order valence-electron chi connectivity index (χ3n) is 3.86. The van der Waals surface area contributed by atoms with Gasteiger partial charge in [0, 0.05) is 0 Å². The molecule has 132 valence electrons. The lowest BCUT2D eigenvalue weighted by atomic mass is 10.1. The first-order valence-electron chi connectivity index (χ1n) is 8.67. The van der Waals surface area contributed by atoms with Crippen LogP contribution in [-0.2, 0) is 4.74 Å². The van der Waals surface area contributed by atoms with Gasteiger partial charge in [-0.3, -0.25) is 0 Å². The first-order valence-corrected chi connectivity index (χ1v) is 8.67. The first-order chi connectivity index (χ1) is 12.1. The minimum Gasteiger partial charge on any atom is -0.462 e. The van der Waals surface area contributed by atoms with Crippen molar-refractivity contribution in [3.8, 4) is 5.75 Å². The minimum absolute atomic E-state index is 0.323. The Bertz CT molecular complexity index is 721. The zero-order valence-electron chi connectivity index (χ0n) is 14.8. The van der Waals surface area contributed by atoms with Gasteiger partial charge in [-0.05, 0) is 43.2 Å². The molecule has 0 unspecified atom stereocenters. The summed E-state index contributed by atoms with van der Waals surface area (Å²) >= 11 is 0. The van der Waals surface area contributed by atoms with Gasteiger partial charge in [-0.25, -0.2) is 9.59 Å². The van der Waals surface area contributed by atoms with E-state index in [0.29, 0.717) is 23.5 Å². The van der Waals surface area contributed by atoms with Gasteiger partial charge < -0.3 is 9.47 Å². The van der Waals surface area contributed by atoms with E-state index in [1.54, 1.807) is 24.3 Å². The van der Waals surface area contributed by atoms with E-state index in [9.17, 15) is 9.59 Å². The number of carbonyl (C=O) groups is 2. The Morgan fingerprint density at radius 1 is 0.880 bits per heavy atom. The highest BCUT2D eigenvalue weighted by atomic mass is 16.5. The highest BCUT2D eigenvalue weighted by Gasteiger charge is 2.14. The van der Waals surface area contributed by atoms with Crippen LogP contribution in [0.5, 0.6) is 5.75 Å². The van der Waals surface area contributed by atoms with Crippen LogP contribution in [0.1, 0.15) is 58.9 Å². The summed E-state index contributed by atoms with van der Waals surface area (Å²) in [5.74, 6) is -0.398. The number of unbranched alkanes of at least 4 members (excludes halogenated alkanes) is 3. The molecule has 0 saturated heterocycles. The Labute approximate surface area is 148 Å². The van der Waals surface area contributed by atoms with Crippen molar-refractivity contribution >= 4 is 11.9 Å². The number of rotatable bonds is 8. The molecule has 0 amide bonds. The lowest BCUT2D eigenvalue weighted by molar-refractivity contribution is 0.0498. The summed E-state index contributed by atoms with van der Waals surface area (Å²) in [6.07, 6.45) is 4.18. The Hall–Kier alpha value is -2.62. The fourth-order valence-electron chi connectivity index (χ4n) is 2.38. The van der Waals surface area contributed by atoms with Gasteiger partial charge in [0.15, 0.2) is 0 Å². The molecule has 0 radical (unpaired) electrons. The summed E-state index contributed by atoms with van der Waals surface area (Å²) in [6.45, 7) is 4.40. The van der Waals surface area contributed by atoms with Gasteiger partial charge in [0.1, 0.15) is 5.75 Å². The highest BCUT2D eigenvalue weighted by molar-refractivity contribution is 5.96. The maximum absolute atomic E-state index is 12.3. The maximum Gasteiger partial charge on any atom is 0.343 e. The van der Waals surface area contributed by atoms with E-state index in [0.717, 1.165) is 31.2 Å². The Kier molecular flexibility index (Phi) is 7.20. The second kappa shape index (κ2) is 9.62. The largest absolute Gasteiger partial charge is 0.462 e. The second-order valence-corrected chi connectivity index (χ2v) is 5.93. The fourth-order valence-corrected chi connectivity index (χ4v) is 2.38. The van der Waals surface area contributed by atoms with Gasteiger partial charge in [-0.2, -0.15) is 0 Å². The molecule has 25 heavy (non-hydrogen) atoms. The normalized spacial score (nSPS) is 10.3. The average molecular weight is 340 g/mol. The molecule has 0 atom stereocenters. The van der Waals surface area contributed by atoms with Crippen LogP contribution in [0.15, 0.2) is 48.5 Å². The van der Waals surface area contributed by atoms with Crippen LogP contribution in [0.4, 0.5) is 0 Å². The van der Waals surface area contributed by atoms with Crippen molar-refractivity contribution < 1.29 is 19.1 Å². The molecule has 0 heterocycles. The van der Waals surface area contributed by atoms with E-state index in [2.05, 4.69) is 6.92 Å². The predicted molar refractivity (Wildman–Crippen MR) is 97.0 cm³/mol. The van der Waals surface area contributed by atoms with Gasteiger partial charge in [-0.1, -0.05) is 50.5 Å². The number of carbonyl (C=O) groups excluding carboxylic acids is 2. The Morgan fingerprint density at radius 2 is 1.60 bits per heavy atom. The molecule has 0 saturated carbocycles. The monoisotopic (exact) mass is 340 g/mol. The molecule has 0 fully saturated rings. The van der Waals surface area contributed by atoms with Gasteiger partial charge in [0.25, 0.3) is 0 Å². The predicted octanol–water partition coefficient (Wildman–Crippen LogP) is 4.95. The summed E-state index contributed by atoms with van der Waals surface area (Å²) in [4.78, 5) is 24.4. The molecule has 0 N–H and O–H groups in total. The zero-order chi connectivity index (χ0) is 18.1. The van der Waals surface area contributed by atoms with Crippen LogP contribution in [0.3, 0.4) is 0 Å². The third kappa shape index (κ3) is 5.75. The lowest BCUT2D eigenvalue weighted by Crippen LogP contribution is -2.12. The summed E-state index contributed by atoms with van der Waals surface area (Å²) < 4.78 is 10.7. The van der Waals surface area contributed by atoms with Crippen molar-refractivity contribution in [2.24, 2.45) is 0 Å². The van der Waals surface area contributed by atoms with Gasteiger partial charge in [0.2, 0.25) is 0 Å². The quantitative estimate of drug-likeness (QED) is 0.387. The number of ether oxygens (including phenoxy) is 2. The van der Waals surface area contributed by atoms with E-state index in [1.807, 2.05) is 25.1 Å². The smallest absolute Gasteiger partial charge is 0.343 e. The molecule has 4 heteroatoms. The van der Waals surface area contributed by atoms with Crippen LogP contribution >= 0.6 is 0 Å². The Morgan fingerprint density at radius 3 is 2.32 bits per heavy atom. The average Bonchev–Trinajstić information content (AvgIpc) is 2.63. The molecule has 0 aliphatic heterocycles. The van der Waals surface area contributed by atoms with Crippen molar-refractivity contribution in [2.75, 3.05) is 6.61 Å². The van der Waals surface area contributed by atoms with Crippen molar-refractivity contribution in [3.63, 3.8) is 0 Å². The highest BCUT2D eigenvalue weighted by Crippen LogP contribution is 2.18. The number of hydrogen-bond donors (Lipinski definition) is 0. The lowest BCUT2D eigenvalue weighted by Gasteiger charge is -2.08. The van der Waals surface area contributed by atoms with E-state index in [-0.39, 0.29) is 0 Å². The summed E-state index contributed by atoms with van der Waals surface area (Å²) in [5, 5.41) is 0. The molecule has 2 aromatic rings. The zero-order valence-corrected chi connectivity index (χ0v) is 14.8. The SMILES string of the molecule is CCCCCCOC(=O)c1cccc(C(=O)Oc2ccccc2C)c1. The van der Waals surface area contributed by atoms with E-state index < -0.39 is 11.9 Å². The van der Waals surface area contributed by atoms with Crippen molar-refractivity contribution in [2.45, 2.75) is 39.5 Å². The molecule has 0 aliphatic carbocycles. The summed E-state index contributed by atoms with van der Waals surface area (Å²) in [7, 11) is 0. The molecule has 0 aromatic heterocycles. The van der Waals surface area contributed by atoms with Gasteiger partial charge >= 0.3 is 11.9 Å². The van der Waals surface area contributed by atoms with Crippen LogP contribution in [0.2, 0.25) is 0 Å². The van der Waals surface area contributed by atoms with Gasteiger partial charge in [0.05, 0.1) is 17.7 Å². The molecule has 0 aliphatic rings. The van der Waals surface area contributed by atoms with Crippen LogP contribution in [0.25, 0.3) is 0 Å². The van der Waals surface area contributed by atoms with E-state index in [1.165, 1.54) is 6.07 Å². The number of aryl methyl sites for hydroxylation is 1. The second-order valence-electron chi connectivity index (χ2n) is 5.93. The van der Waals surface area contributed by atoms with Crippen LogP contribution < -0.4 is 4.74 Å². The molecule has 2 aromatic carbocycles. The number of hydrogen-bond acceptors (Lipinski definition) is 4. The number of para-hydroxylation sites is 1. The summed E-state index contributed by atoms with van der Waals surface area (Å²) in [5.41, 5.74) is 1.55. The molecule has 4 nitrogen and oxygen atoms in total. The van der Waals surface area contributed by atoms with Crippen LogP contribution in [0, 0.1) is 6.92 Å². The number of benzene rings is 2. The molecule has 0 bridgehead atoms. The molecule has 2 rings (SSSR count). The maximum atomic E-state index is 12.3. The standard InChI is InChI=1S/C21H24O4/c1-3-4-5-8-14-24-20(22)17-11-9-12-18(15-17)21(23)25-19-13-7-6-10-16(19)2/h6-7,9-13,15H,3-5,8,14H2,1-2H3.